The van der Waals surface area contributed by atoms with Crippen LogP contribution in [0.2, 0.25) is 0 Å². The molecular weight excluding hydrogens is 241 g/mol. The second-order valence-corrected chi connectivity index (χ2v) is 3.70. The van der Waals surface area contributed by atoms with Crippen LogP contribution in [0.4, 0.5) is 10.1 Å². The molecule has 0 aliphatic carbocycles. The molecule has 0 fully saturated rings. The van der Waals surface area contributed by atoms with Gasteiger partial charge in [0.05, 0.1) is 5.69 Å². The molecule has 1 aromatic rings. The molecule has 0 radical (unpaired) electrons. The molecule has 0 saturated carbocycles. The molecule has 0 amide bonds. The zero-order chi connectivity index (χ0) is 13.0. The van der Waals surface area contributed by atoms with Crippen LogP contribution in [0, 0.1) is 29.5 Å². The number of hydrogen-bond donors (Lipinski definition) is 4. The van der Waals surface area contributed by atoms with Crippen molar-refractivity contribution in [2.45, 2.75) is 11.8 Å². The molecule has 7 heteroatoms. The van der Waals surface area contributed by atoms with Gasteiger partial charge >= 0.3 is 0 Å². The summed E-state index contributed by atoms with van der Waals surface area (Å²) < 4.78 is 13.3. The van der Waals surface area contributed by atoms with Crippen molar-refractivity contribution in [3.63, 3.8) is 0 Å². The van der Waals surface area contributed by atoms with Gasteiger partial charge in [0.15, 0.2) is 5.84 Å². The summed E-state index contributed by atoms with van der Waals surface area (Å²) in [5, 5.41) is 19.2. The van der Waals surface area contributed by atoms with Gasteiger partial charge < -0.3 is 5.73 Å². The summed E-state index contributed by atoms with van der Waals surface area (Å²) in [6.07, 6.45) is 0. The van der Waals surface area contributed by atoms with Crippen molar-refractivity contribution in [2.24, 2.45) is 10.8 Å². The van der Waals surface area contributed by atoms with E-state index in [2.05, 4.69) is 23.2 Å². The molecule has 0 heterocycles. The number of nitrogens with zero attached hydrogens (tertiary/aromatic N) is 2. The minimum absolute atomic E-state index is 0.279. The third kappa shape index (κ3) is 3.19. The summed E-state index contributed by atoms with van der Waals surface area (Å²) in [7, 11) is 0. The molecule has 1 rings (SSSR count). The van der Waals surface area contributed by atoms with Crippen molar-refractivity contribution >= 4 is 29.9 Å². The first-order chi connectivity index (χ1) is 7.95. The average molecular weight is 251 g/mol. The molecule has 0 aliphatic heterocycles. The van der Waals surface area contributed by atoms with Gasteiger partial charge in [0.25, 0.3) is 0 Å². The molecule has 0 aromatic heterocycles. The number of nitrogens with one attached hydrogen (secondary N) is 2. The maximum absolute atomic E-state index is 13.3. The number of nitriles is 1. The number of thiol groups is 1. The van der Waals surface area contributed by atoms with Gasteiger partial charge in [-0.05, 0) is 18.6 Å². The topological polar surface area (TPSA) is 98.0 Å². The summed E-state index contributed by atoms with van der Waals surface area (Å²) in [5.41, 5.74) is 8.01. The van der Waals surface area contributed by atoms with Crippen LogP contribution in [0.15, 0.2) is 22.1 Å². The highest BCUT2D eigenvalue weighted by atomic mass is 32.1. The maximum Gasteiger partial charge on any atom is 0.201 e. The van der Waals surface area contributed by atoms with Crippen molar-refractivity contribution in [1.29, 1.82) is 10.7 Å². The fraction of sp³-hybridized carbons (Fsp3) is 0.100. The fourth-order valence-electron chi connectivity index (χ4n) is 1.02. The Labute approximate surface area is 103 Å². The Kier molecular flexibility index (Phi) is 4.06. The van der Waals surface area contributed by atoms with E-state index in [0.717, 1.165) is 0 Å². The third-order valence-corrected chi connectivity index (χ3v) is 2.30. The smallest absolute Gasteiger partial charge is 0.201 e. The fourth-order valence-corrected chi connectivity index (χ4v) is 1.33. The number of amidine groups is 1. The molecule has 5 nitrogen and oxygen atoms in total. The first-order valence-corrected chi connectivity index (χ1v) is 4.97. The molecule has 0 saturated heterocycles. The largest absolute Gasteiger partial charge is 0.382 e. The van der Waals surface area contributed by atoms with Crippen molar-refractivity contribution in [3.8, 4) is 6.07 Å². The van der Waals surface area contributed by atoms with Crippen LogP contribution >= 0.6 is 12.6 Å². The molecule has 4 N–H and O–H groups in total. The quantitative estimate of drug-likeness (QED) is 0.284. The van der Waals surface area contributed by atoms with Crippen LogP contribution < -0.4 is 11.2 Å². The van der Waals surface area contributed by atoms with Crippen LogP contribution in [0.3, 0.4) is 0 Å². The maximum atomic E-state index is 13.3. The van der Waals surface area contributed by atoms with Crippen LogP contribution in [0.5, 0.6) is 0 Å². The van der Waals surface area contributed by atoms with Crippen LogP contribution in [-0.4, -0.2) is 11.5 Å². The first kappa shape index (κ1) is 13.0. The number of nitrogens with two attached hydrogens (primary N) is 1. The molecule has 1 aromatic carbocycles. The van der Waals surface area contributed by atoms with Gasteiger partial charge in [-0.15, -0.1) is 12.6 Å². The van der Waals surface area contributed by atoms with Gasteiger partial charge in [0.2, 0.25) is 5.71 Å². The average Bonchev–Trinajstić information content (AvgIpc) is 2.25. The second-order valence-electron chi connectivity index (χ2n) is 3.22. The van der Waals surface area contributed by atoms with Crippen molar-refractivity contribution in [3.05, 3.63) is 23.5 Å². The number of anilines is 1. The molecule has 88 valence electrons. The van der Waals surface area contributed by atoms with Crippen LogP contribution in [0.25, 0.3) is 0 Å². The lowest BCUT2D eigenvalue weighted by molar-refractivity contribution is 0.617. The van der Waals surface area contributed by atoms with E-state index in [-0.39, 0.29) is 5.71 Å². The van der Waals surface area contributed by atoms with Gasteiger partial charge in [-0.25, -0.2) is 4.39 Å². The summed E-state index contributed by atoms with van der Waals surface area (Å²) in [5.74, 6) is -0.880. The SMILES string of the molecule is Cc1cc(S)c(N/N=C(\C#N)C(=N)N)cc1F. The Bertz CT molecular complexity index is 532. The lowest BCUT2D eigenvalue weighted by atomic mass is 10.2. The minimum Gasteiger partial charge on any atom is -0.382 e. The second kappa shape index (κ2) is 5.32. The number of hydrogen-bond acceptors (Lipinski definition) is 5. The summed E-state index contributed by atoms with van der Waals surface area (Å²) in [4.78, 5) is 0.480. The monoisotopic (exact) mass is 251 g/mol. The Morgan fingerprint density at radius 3 is 2.82 bits per heavy atom. The molecule has 0 spiro atoms. The van der Waals surface area contributed by atoms with Gasteiger partial charge in [0, 0.05) is 11.0 Å². The summed E-state index contributed by atoms with van der Waals surface area (Å²) in [6.45, 7) is 1.61. The predicted octanol–water partition coefficient (Wildman–Crippen LogP) is 1.65. The van der Waals surface area contributed by atoms with E-state index < -0.39 is 11.7 Å². The standard InChI is InChI=1S/C10H10FN5S/c1-5-2-9(17)7(3-6(5)11)15-16-8(4-12)10(13)14/h2-3,15,17H,1H3,(H3,13,14)/b16-8+. The van der Waals surface area contributed by atoms with E-state index in [1.54, 1.807) is 13.0 Å². The van der Waals surface area contributed by atoms with Gasteiger partial charge in [0.1, 0.15) is 11.9 Å². The molecule has 0 bridgehead atoms. The van der Waals surface area contributed by atoms with E-state index in [0.29, 0.717) is 16.1 Å². The van der Waals surface area contributed by atoms with Crippen LogP contribution in [0.1, 0.15) is 5.56 Å². The molecular formula is C10H10FN5S. The highest BCUT2D eigenvalue weighted by Crippen LogP contribution is 2.23. The van der Waals surface area contributed by atoms with Gasteiger partial charge in [-0.2, -0.15) is 10.4 Å². The number of aryl methyl sites for hydroxylation is 1. The lowest BCUT2D eigenvalue weighted by Gasteiger charge is -2.06. The number of rotatable bonds is 3. The summed E-state index contributed by atoms with van der Waals surface area (Å²) in [6, 6.07) is 4.37. The summed E-state index contributed by atoms with van der Waals surface area (Å²) >= 11 is 4.13. The highest BCUT2D eigenvalue weighted by Gasteiger charge is 2.05. The van der Waals surface area contributed by atoms with Crippen molar-refractivity contribution in [2.75, 3.05) is 5.43 Å². The normalized spacial score (nSPS) is 10.8. The van der Waals surface area contributed by atoms with E-state index in [1.807, 2.05) is 0 Å². The zero-order valence-corrected chi connectivity index (χ0v) is 9.85. The number of halogens is 1. The van der Waals surface area contributed by atoms with Gasteiger partial charge in [-0.3, -0.25) is 10.8 Å². The Hall–Kier alpha value is -2.07. The third-order valence-electron chi connectivity index (χ3n) is 1.93. The zero-order valence-electron chi connectivity index (χ0n) is 8.95. The molecule has 0 aliphatic rings. The van der Waals surface area contributed by atoms with E-state index in [1.165, 1.54) is 12.1 Å². The minimum atomic E-state index is -0.465. The van der Waals surface area contributed by atoms with Crippen molar-refractivity contribution in [1.82, 2.24) is 0 Å². The van der Waals surface area contributed by atoms with E-state index in [4.69, 9.17) is 16.4 Å². The lowest BCUT2D eigenvalue weighted by Crippen LogP contribution is -2.21. The molecule has 0 unspecified atom stereocenters. The predicted molar refractivity (Wildman–Crippen MR) is 67.0 cm³/mol. The Balaban J connectivity index is 3.01. The number of benzene rings is 1. The first-order valence-electron chi connectivity index (χ1n) is 4.53. The highest BCUT2D eigenvalue weighted by molar-refractivity contribution is 7.80. The molecule has 17 heavy (non-hydrogen) atoms. The van der Waals surface area contributed by atoms with Crippen molar-refractivity contribution < 1.29 is 4.39 Å². The van der Waals surface area contributed by atoms with Gasteiger partial charge in [-0.1, -0.05) is 0 Å². The van der Waals surface area contributed by atoms with E-state index in [9.17, 15) is 4.39 Å². The Morgan fingerprint density at radius 2 is 2.29 bits per heavy atom. The Morgan fingerprint density at radius 1 is 1.65 bits per heavy atom. The van der Waals surface area contributed by atoms with Crippen LogP contribution in [-0.2, 0) is 0 Å². The molecule has 0 atom stereocenters. The van der Waals surface area contributed by atoms with E-state index >= 15 is 0 Å². The number of hydrazone groups is 1.